The van der Waals surface area contributed by atoms with Crippen molar-refractivity contribution in [3.05, 3.63) is 67.1 Å². The molecule has 0 aliphatic heterocycles. The van der Waals surface area contributed by atoms with E-state index < -0.39 is 0 Å². The Kier molecular flexibility index (Phi) is 4.99. The number of alkyl halides is 1. The molecular formula is C15H12Br2Cl2. The zero-order chi connectivity index (χ0) is 14.2. The van der Waals surface area contributed by atoms with Crippen LogP contribution in [0.3, 0.4) is 0 Å². The molecule has 1 unspecified atom stereocenters. The molecule has 19 heavy (non-hydrogen) atoms. The third-order valence-electron chi connectivity index (χ3n) is 3.06. The Morgan fingerprint density at radius 1 is 0.947 bits per heavy atom. The van der Waals surface area contributed by atoms with E-state index in [9.17, 15) is 0 Å². The van der Waals surface area contributed by atoms with Gasteiger partial charge in [-0.25, -0.2) is 0 Å². The Labute approximate surface area is 140 Å². The highest BCUT2D eigenvalue weighted by Gasteiger charge is 2.15. The lowest BCUT2D eigenvalue weighted by atomic mass is 9.98. The summed E-state index contributed by atoms with van der Waals surface area (Å²) in [6.07, 6.45) is 0. The fraction of sp³-hybridized carbons (Fsp3) is 0.200. The fourth-order valence-corrected chi connectivity index (χ4v) is 3.44. The molecule has 4 heteroatoms. The van der Waals surface area contributed by atoms with Gasteiger partial charge in [0.1, 0.15) is 0 Å². The van der Waals surface area contributed by atoms with E-state index in [1.54, 1.807) is 0 Å². The molecule has 0 N–H and O–H groups in total. The Balaban J connectivity index is 2.46. The van der Waals surface area contributed by atoms with E-state index in [2.05, 4.69) is 44.8 Å². The number of rotatable bonds is 2. The first-order chi connectivity index (χ1) is 8.90. The molecule has 100 valence electrons. The van der Waals surface area contributed by atoms with Gasteiger partial charge in [-0.05, 0) is 70.2 Å². The van der Waals surface area contributed by atoms with Gasteiger partial charge in [0, 0.05) is 9.50 Å². The van der Waals surface area contributed by atoms with E-state index in [1.807, 2.05) is 31.2 Å². The van der Waals surface area contributed by atoms with Crippen LogP contribution in [0, 0.1) is 13.8 Å². The predicted octanol–water partition coefficient (Wildman–Crippen LogP) is 6.86. The maximum absolute atomic E-state index is 6.14. The van der Waals surface area contributed by atoms with Crippen molar-refractivity contribution >= 4 is 55.1 Å². The van der Waals surface area contributed by atoms with Crippen molar-refractivity contribution in [1.82, 2.24) is 0 Å². The minimum Gasteiger partial charge on any atom is -0.0840 e. The molecule has 0 saturated heterocycles. The van der Waals surface area contributed by atoms with Gasteiger partial charge in [-0.3, -0.25) is 0 Å². The average Bonchev–Trinajstić information content (AvgIpc) is 2.36. The Morgan fingerprint density at radius 2 is 1.63 bits per heavy atom. The van der Waals surface area contributed by atoms with Gasteiger partial charge in [0.25, 0.3) is 0 Å². The van der Waals surface area contributed by atoms with Gasteiger partial charge in [-0.15, -0.1) is 0 Å². The smallest absolute Gasteiger partial charge is 0.0647 e. The minimum absolute atomic E-state index is 0.122. The van der Waals surface area contributed by atoms with Gasteiger partial charge in [-0.1, -0.05) is 51.3 Å². The summed E-state index contributed by atoms with van der Waals surface area (Å²) in [5.41, 5.74) is 4.63. The summed E-state index contributed by atoms with van der Waals surface area (Å²) in [5, 5.41) is 1.52. The Morgan fingerprint density at radius 3 is 2.26 bits per heavy atom. The molecule has 2 rings (SSSR count). The maximum atomic E-state index is 6.14. The van der Waals surface area contributed by atoms with E-state index >= 15 is 0 Å². The van der Waals surface area contributed by atoms with Crippen LogP contribution < -0.4 is 0 Å². The molecular weight excluding hydrogens is 411 g/mol. The molecule has 0 aliphatic carbocycles. The first-order valence-corrected chi connectivity index (χ1v) is 8.22. The largest absolute Gasteiger partial charge is 0.0840 e. The third kappa shape index (κ3) is 3.36. The molecule has 0 heterocycles. The van der Waals surface area contributed by atoms with Gasteiger partial charge in [0.2, 0.25) is 0 Å². The normalized spacial score (nSPS) is 12.5. The molecule has 0 amide bonds. The van der Waals surface area contributed by atoms with Gasteiger partial charge < -0.3 is 0 Å². The summed E-state index contributed by atoms with van der Waals surface area (Å²) in [6, 6.07) is 10.1. The van der Waals surface area contributed by atoms with Crippen molar-refractivity contribution in [3.8, 4) is 0 Å². The monoisotopic (exact) mass is 420 g/mol. The summed E-state index contributed by atoms with van der Waals surface area (Å²) < 4.78 is 0.902. The lowest BCUT2D eigenvalue weighted by molar-refractivity contribution is 1.13. The number of hydrogen-bond acceptors (Lipinski definition) is 0. The van der Waals surface area contributed by atoms with Crippen molar-refractivity contribution in [1.29, 1.82) is 0 Å². The summed E-state index contributed by atoms with van der Waals surface area (Å²) in [7, 11) is 0. The van der Waals surface area contributed by atoms with Crippen LogP contribution in [-0.4, -0.2) is 0 Å². The SMILES string of the molecule is Cc1cc(C(Br)c2ccc(Cl)c(Br)c2)c(C)cc1Cl. The molecule has 1 atom stereocenters. The molecule has 2 aromatic rings. The van der Waals surface area contributed by atoms with Gasteiger partial charge >= 0.3 is 0 Å². The number of hydrogen-bond donors (Lipinski definition) is 0. The van der Waals surface area contributed by atoms with E-state index in [-0.39, 0.29) is 4.83 Å². The second kappa shape index (κ2) is 6.17. The number of benzene rings is 2. The third-order valence-corrected chi connectivity index (χ3v) is 5.70. The summed E-state index contributed by atoms with van der Waals surface area (Å²) >= 11 is 19.4. The zero-order valence-electron chi connectivity index (χ0n) is 10.5. The first-order valence-electron chi connectivity index (χ1n) is 5.76. The molecule has 0 aliphatic rings. The van der Waals surface area contributed by atoms with Gasteiger partial charge in [-0.2, -0.15) is 0 Å². The average molecular weight is 423 g/mol. The standard InChI is InChI=1S/C15H12Br2Cl2/c1-8-6-14(19)9(2)5-11(8)15(17)10-3-4-13(18)12(16)7-10/h3-7,15H,1-2H3. The molecule has 0 nitrogen and oxygen atoms in total. The lowest BCUT2D eigenvalue weighted by Gasteiger charge is -2.16. The maximum Gasteiger partial charge on any atom is 0.0647 e. The minimum atomic E-state index is 0.122. The Hall–Kier alpha value is -0.0200. The highest BCUT2D eigenvalue weighted by atomic mass is 79.9. The summed E-state index contributed by atoms with van der Waals surface area (Å²) in [5.74, 6) is 0. The van der Waals surface area contributed by atoms with E-state index in [4.69, 9.17) is 23.2 Å². The molecule has 0 fully saturated rings. The van der Waals surface area contributed by atoms with Crippen LogP contribution in [0.1, 0.15) is 27.1 Å². The highest BCUT2D eigenvalue weighted by Crippen LogP contribution is 2.37. The first kappa shape index (κ1) is 15.4. The van der Waals surface area contributed by atoms with E-state index in [1.165, 1.54) is 11.1 Å². The number of halogens is 4. The molecule has 0 saturated carbocycles. The van der Waals surface area contributed by atoms with Crippen LogP contribution in [0.5, 0.6) is 0 Å². The van der Waals surface area contributed by atoms with Gasteiger partial charge in [0.15, 0.2) is 0 Å². The number of aryl methyl sites for hydroxylation is 2. The topological polar surface area (TPSA) is 0 Å². The van der Waals surface area contributed by atoms with Crippen LogP contribution in [0.25, 0.3) is 0 Å². The van der Waals surface area contributed by atoms with Crippen LogP contribution >= 0.6 is 55.1 Å². The molecule has 0 bridgehead atoms. The van der Waals surface area contributed by atoms with Crippen molar-refractivity contribution in [2.24, 2.45) is 0 Å². The van der Waals surface area contributed by atoms with Crippen molar-refractivity contribution in [2.45, 2.75) is 18.7 Å². The molecule has 0 radical (unpaired) electrons. The van der Waals surface area contributed by atoms with Crippen LogP contribution in [0.4, 0.5) is 0 Å². The molecule has 2 aromatic carbocycles. The van der Waals surface area contributed by atoms with Crippen LogP contribution in [0.2, 0.25) is 10.0 Å². The summed E-state index contributed by atoms with van der Waals surface area (Å²) in [4.78, 5) is 0.122. The zero-order valence-corrected chi connectivity index (χ0v) is 15.2. The second-order valence-electron chi connectivity index (χ2n) is 4.49. The van der Waals surface area contributed by atoms with Crippen molar-refractivity contribution < 1.29 is 0 Å². The quantitative estimate of drug-likeness (QED) is 0.464. The van der Waals surface area contributed by atoms with Crippen LogP contribution in [-0.2, 0) is 0 Å². The van der Waals surface area contributed by atoms with Gasteiger partial charge in [0.05, 0.1) is 9.85 Å². The Bertz CT molecular complexity index is 624. The molecule has 0 spiro atoms. The van der Waals surface area contributed by atoms with Crippen molar-refractivity contribution in [2.75, 3.05) is 0 Å². The van der Waals surface area contributed by atoms with Crippen LogP contribution in [0.15, 0.2) is 34.8 Å². The van der Waals surface area contributed by atoms with E-state index in [0.717, 1.165) is 20.6 Å². The predicted molar refractivity (Wildman–Crippen MR) is 90.8 cm³/mol. The summed E-state index contributed by atoms with van der Waals surface area (Å²) in [6.45, 7) is 4.09. The fourth-order valence-electron chi connectivity index (χ4n) is 1.93. The second-order valence-corrected chi connectivity index (χ2v) is 7.08. The molecule has 0 aromatic heterocycles. The highest BCUT2D eigenvalue weighted by molar-refractivity contribution is 9.10. The van der Waals surface area contributed by atoms with E-state index in [0.29, 0.717) is 5.02 Å². The van der Waals surface area contributed by atoms with Crippen molar-refractivity contribution in [3.63, 3.8) is 0 Å². The lowest BCUT2D eigenvalue weighted by Crippen LogP contribution is -1.97.